The number of nitrogens with zero attached hydrogens (tertiary/aromatic N) is 4. The van der Waals surface area contributed by atoms with Gasteiger partial charge in [-0.1, -0.05) is 67.8 Å². The average Bonchev–Trinajstić information content (AvgIpc) is 3.63. The fourth-order valence-electron chi connectivity index (χ4n) is 5.87. The maximum absolute atomic E-state index is 14.0. The van der Waals surface area contributed by atoms with Gasteiger partial charge >= 0.3 is 6.03 Å². The van der Waals surface area contributed by atoms with Gasteiger partial charge in [-0.25, -0.2) is 9.48 Å². The van der Waals surface area contributed by atoms with E-state index < -0.39 is 0 Å². The van der Waals surface area contributed by atoms with Crippen molar-refractivity contribution >= 4 is 6.03 Å². The number of aromatic nitrogens is 3. The second-order valence-corrected chi connectivity index (χ2v) is 10.0. The van der Waals surface area contributed by atoms with Crippen molar-refractivity contribution in [1.29, 1.82) is 0 Å². The molecule has 0 radical (unpaired) electrons. The number of aryl methyl sites for hydroxylation is 2. The zero-order valence-corrected chi connectivity index (χ0v) is 21.0. The first kappa shape index (κ1) is 22.7. The van der Waals surface area contributed by atoms with Gasteiger partial charge in [-0.05, 0) is 56.0 Å². The molecule has 0 saturated heterocycles. The van der Waals surface area contributed by atoms with Crippen LogP contribution in [0.15, 0.2) is 72.9 Å². The van der Waals surface area contributed by atoms with Gasteiger partial charge in [0.05, 0.1) is 29.7 Å². The normalized spacial score (nSPS) is 17.5. The zero-order chi connectivity index (χ0) is 24.6. The maximum atomic E-state index is 14.0. The molecular weight excluding hydrogens is 446 g/mol. The summed E-state index contributed by atoms with van der Waals surface area (Å²) in [6, 6.07) is 23.1. The van der Waals surface area contributed by atoms with Gasteiger partial charge in [-0.15, -0.1) is 0 Å². The van der Waals surface area contributed by atoms with Crippen molar-refractivity contribution in [3.63, 3.8) is 0 Å². The van der Waals surface area contributed by atoms with Crippen molar-refractivity contribution < 1.29 is 4.79 Å². The minimum absolute atomic E-state index is 0.00326. The van der Waals surface area contributed by atoms with E-state index in [-0.39, 0.29) is 18.1 Å². The van der Waals surface area contributed by atoms with Crippen LogP contribution in [0.25, 0.3) is 11.5 Å². The van der Waals surface area contributed by atoms with Gasteiger partial charge in [0.1, 0.15) is 5.82 Å². The van der Waals surface area contributed by atoms with Crippen LogP contribution in [0.2, 0.25) is 0 Å². The lowest BCUT2D eigenvalue weighted by Gasteiger charge is -2.32. The summed E-state index contributed by atoms with van der Waals surface area (Å²) in [6.07, 6.45) is 7.39. The van der Waals surface area contributed by atoms with E-state index in [0.29, 0.717) is 6.54 Å². The van der Waals surface area contributed by atoms with E-state index in [4.69, 9.17) is 5.10 Å². The van der Waals surface area contributed by atoms with Crippen molar-refractivity contribution in [1.82, 2.24) is 24.6 Å². The summed E-state index contributed by atoms with van der Waals surface area (Å²) >= 11 is 0. The molecule has 6 heteroatoms. The van der Waals surface area contributed by atoms with Crippen LogP contribution in [0.1, 0.15) is 66.7 Å². The molecule has 1 N–H and O–H groups in total. The first-order valence-corrected chi connectivity index (χ1v) is 13.1. The van der Waals surface area contributed by atoms with Crippen LogP contribution in [0.3, 0.4) is 0 Å². The third-order valence-corrected chi connectivity index (χ3v) is 7.61. The molecule has 2 aromatic carbocycles. The van der Waals surface area contributed by atoms with Gasteiger partial charge < -0.3 is 14.8 Å². The van der Waals surface area contributed by atoms with Gasteiger partial charge in [0.2, 0.25) is 0 Å². The number of para-hydroxylation sites is 1. The number of carbonyl (C=O) groups excluding carboxylic acids is 1. The molecule has 36 heavy (non-hydrogen) atoms. The standard InChI is InChI=1S/C30H33N5O/c1-3-26-25-20-34(30(36)31-23-13-7-8-14-23)28(22-12-9-11-21(2)19-22)27-17-10-18-33(27)29(25)35(32-26)24-15-5-4-6-16-24/h4-6,9-12,15-19,23,28H,3,7-8,13-14,20H2,1-2H3,(H,31,36)/t28-/m0/s1. The Morgan fingerprint density at radius 3 is 2.58 bits per heavy atom. The molecule has 4 aromatic rings. The second kappa shape index (κ2) is 9.34. The van der Waals surface area contributed by atoms with E-state index >= 15 is 0 Å². The van der Waals surface area contributed by atoms with E-state index in [2.05, 4.69) is 78.5 Å². The van der Waals surface area contributed by atoms with Gasteiger partial charge in [0, 0.05) is 17.8 Å². The number of benzene rings is 2. The number of hydrogen-bond acceptors (Lipinski definition) is 2. The minimum atomic E-state index is -0.206. The monoisotopic (exact) mass is 479 g/mol. The van der Waals surface area contributed by atoms with Crippen LogP contribution in [0, 0.1) is 6.92 Å². The van der Waals surface area contributed by atoms with Crippen molar-refractivity contribution in [3.8, 4) is 11.5 Å². The number of amides is 2. The van der Waals surface area contributed by atoms with Gasteiger partial charge in [-0.3, -0.25) is 0 Å². The first-order chi connectivity index (χ1) is 17.6. The Labute approximate surface area is 212 Å². The molecule has 1 fully saturated rings. The van der Waals surface area contributed by atoms with Crippen molar-refractivity contribution in [3.05, 3.63) is 101 Å². The summed E-state index contributed by atoms with van der Waals surface area (Å²) in [5, 5.41) is 8.42. The molecule has 1 atom stereocenters. The van der Waals surface area contributed by atoms with E-state index in [0.717, 1.165) is 53.3 Å². The molecule has 2 aliphatic rings. The maximum Gasteiger partial charge on any atom is 0.318 e. The lowest BCUT2D eigenvalue weighted by atomic mass is 10.00. The Hall–Kier alpha value is -3.80. The van der Waals surface area contributed by atoms with Crippen LogP contribution < -0.4 is 5.32 Å². The van der Waals surface area contributed by atoms with Crippen LogP contribution in [-0.4, -0.2) is 31.3 Å². The molecule has 6 rings (SSSR count). The molecule has 2 aromatic heterocycles. The Morgan fingerprint density at radius 1 is 1.03 bits per heavy atom. The van der Waals surface area contributed by atoms with Crippen molar-refractivity contribution in [2.24, 2.45) is 0 Å². The topological polar surface area (TPSA) is 55.1 Å². The summed E-state index contributed by atoms with van der Waals surface area (Å²) in [4.78, 5) is 16.0. The molecule has 1 aliphatic heterocycles. The highest BCUT2D eigenvalue weighted by Crippen LogP contribution is 2.39. The summed E-state index contributed by atoms with van der Waals surface area (Å²) in [6.45, 7) is 4.75. The van der Waals surface area contributed by atoms with Crippen LogP contribution in [-0.2, 0) is 13.0 Å². The quantitative estimate of drug-likeness (QED) is 0.385. The summed E-state index contributed by atoms with van der Waals surface area (Å²) in [7, 11) is 0. The van der Waals surface area contributed by atoms with Gasteiger partial charge in [0.15, 0.2) is 0 Å². The van der Waals surface area contributed by atoms with E-state index in [1.165, 1.54) is 18.4 Å². The third-order valence-electron chi connectivity index (χ3n) is 7.61. The number of hydrogen-bond donors (Lipinski definition) is 1. The molecule has 6 nitrogen and oxygen atoms in total. The predicted octanol–water partition coefficient (Wildman–Crippen LogP) is 6.09. The fourth-order valence-corrected chi connectivity index (χ4v) is 5.87. The summed E-state index contributed by atoms with van der Waals surface area (Å²) in [5.41, 5.74) is 6.53. The number of rotatable bonds is 4. The Bertz CT molecular complexity index is 1380. The molecule has 0 bridgehead atoms. The number of nitrogens with one attached hydrogen (secondary N) is 1. The lowest BCUT2D eigenvalue weighted by molar-refractivity contribution is 0.176. The molecule has 2 amide bonds. The van der Waals surface area contributed by atoms with E-state index in [1.54, 1.807) is 0 Å². The SMILES string of the molecule is CCc1nn(-c2ccccc2)c2c1CN(C(=O)NC1CCCC1)[C@@H](c1cccc(C)c1)c1cccn1-2. The molecule has 1 saturated carbocycles. The smallest absolute Gasteiger partial charge is 0.318 e. The van der Waals surface area contributed by atoms with Crippen LogP contribution >= 0.6 is 0 Å². The van der Waals surface area contributed by atoms with Crippen molar-refractivity contribution in [2.75, 3.05) is 0 Å². The Morgan fingerprint density at radius 2 is 1.83 bits per heavy atom. The Kier molecular flexibility index (Phi) is 5.88. The molecule has 184 valence electrons. The molecule has 3 heterocycles. The molecule has 1 aliphatic carbocycles. The van der Waals surface area contributed by atoms with Gasteiger partial charge in [0.25, 0.3) is 0 Å². The number of urea groups is 1. The molecular formula is C30H33N5O. The zero-order valence-electron chi connectivity index (χ0n) is 21.0. The lowest BCUT2D eigenvalue weighted by Crippen LogP contribution is -2.45. The predicted molar refractivity (Wildman–Crippen MR) is 142 cm³/mol. The average molecular weight is 480 g/mol. The number of carbonyl (C=O) groups is 1. The highest BCUT2D eigenvalue weighted by Gasteiger charge is 2.37. The van der Waals surface area contributed by atoms with E-state index in [1.807, 2.05) is 27.8 Å². The minimum Gasteiger partial charge on any atom is -0.335 e. The second-order valence-electron chi connectivity index (χ2n) is 10.0. The first-order valence-electron chi connectivity index (χ1n) is 13.1. The fraction of sp³-hybridized carbons (Fsp3) is 0.333. The van der Waals surface area contributed by atoms with Crippen LogP contribution in [0.4, 0.5) is 4.79 Å². The van der Waals surface area contributed by atoms with Crippen molar-refractivity contribution in [2.45, 2.75) is 64.6 Å². The highest BCUT2D eigenvalue weighted by atomic mass is 16.2. The van der Waals surface area contributed by atoms with Gasteiger partial charge in [-0.2, -0.15) is 5.10 Å². The summed E-state index contributed by atoms with van der Waals surface area (Å²) < 4.78 is 4.29. The summed E-state index contributed by atoms with van der Waals surface area (Å²) in [5.74, 6) is 1.02. The van der Waals surface area contributed by atoms with Crippen LogP contribution in [0.5, 0.6) is 0 Å². The molecule has 0 spiro atoms. The molecule has 0 unspecified atom stereocenters. The number of fused-ring (bicyclic) bond motifs is 3. The third kappa shape index (κ3) is 3.91. The van der Waals surface area contributed by atoms with E-state index in [9.17, 15) is 4.79 Å². The Balaban J connectivity index is 1.55. The largest absolute Gasteiger partial charge is 0.335 e. The highest BCUT2D eigenvalue weighted by molar-refractivity contribution is 5.76.